The van der Waals surface area contributed by atoms with E-state index in [9.17, 15) is 0 Å². The molecule has 2 aromatic rings. The molecule has 0 N–H and O–H groups in total. The summed E-state index contributed by atoms with van der Waals surface area (Å²) in [6, 6.07) is 3.78. The van der Waals surface area contributed by atoms with Crippen LogP contribution in [-0.2, 0) is 4.74 Å². The molecule has 0 amide bonds. The van der Waals surface area contributed by atoms with Crippen LogP contribution in [0.3, 0.4) is 0 Å². The lowest BCUT2D eigenvalue weighted by Crippen LogP contribution is -2.40. The normalized spacial score (nSPS) is 25.4. The van der Waals surface area contributed by atoms with Crippen LogP contribution < -0.4 is 4.74 Å². The molecule has 0 unspecified atom stereocenters. The monoisotopic (exact) mass is 344 g/mol. The summed E-state index contributed by atoms with van der Waals surface area (Å²) in [5.41, 5.74) is 0.765. The molecule has 134 valence electrons. The highest BCUT2D eigenvalue weighted by Gasteiger charge is 2.29. The van der Waals surface area contributed by atoms with E-state index < -0.39 is 0 Å². The Balaban J connectivity index is 1.55. The Morgan fingerprint density at radius 3 is 2.88 bits per heavy atom. The maximum atomic E-state index is 6.08. The van der Waals surface area contributed by atoms with Gasteiger partial charge in [0.25, 0.3) is 5.89 Å². The van der Waals surface area contributed by atoms with Gasteiger partial charge in [-0.15, -0.1) is 0 Å². The number of hydrogen-bond donors (Lipinski definition) is 0. The van der Waals surface area contributed by atoms with Crippen LogP contribution in [0.1, 0.15) is 44.6 Å². The Morgan fingerprint density at radius 1 is 1.24 bits per heavy atom. The summed E-state index contributed by atoms with van der Waals surface area (Å²) in [7, 11) is 2.07. The van der Waals surface area contributed by atoms with Crippen LogP contribution in [0, 0.1) is 0 Å². The van der Waals surface area contributed by atoms with E-state index in [1.54, 1.807) is 6.20 Å². The molecular formula is C18H24N4O3. The molecule has 25 heavy (non-hydrogen) atoms. The number of rotatable bonds is 4. The van der Waals surface area contributed by atoms with E-state index in [0.717, 1.165) is 31.5 Å². The van der Waals surface area contributed by atoms with Crippen molar-refractivity contribution in [2.75, 3.05) is 20.1 Å². The highest BCUT2D eigenvalue weighted by molar-refractivity contribution is 5.60. The predicted molar refractivity (Wildman–Crippen MR) is 91.2 cm³/mol. The van der Waals surface area contributed by atoms with Gasteiger partial charge in [-0.3, -0.25) is 0 Å². The number of likely N-dealkylation sites (N-methyl/N-ethyl adjacent to an activating group) is 1. The Bertz CT molecular complexity index is 704. The molecule has 7 nitrogen and oxygen atoms in total. The summed E-state index contributed by atoms with van der Waals surface area (Å²) in [5, 5.41) is 4.14. The zero-order valence-corrected chi connectivity index (χ0v) is 14.7. The lowest BCUT2D eigenvalue weighted by atomic mass is 10.2. The van der Waals surface area contributed by atoms with Gasteiger partial charge < -0.3 is 18.9 Å². The number of pyridine rings is 1. The molecule has 0 spiro atoms. The van der Waals surface area contributed by atoms with Gasteiger partial charge in [-0.2, -0.15) is 4.98 Å². The Hall–Kier alpha value is -1.99. The number of hydrogen-bond acceptors (Lipinski definition) is 7. The van der Waals surface area contributed by atoms with Crippen LogP contribution in [0.25, 0.3) is 11.4 Å². The van der Waals surface area contributed by atoms with E-state index in [-0.39, 0.29) is 18.3 Å². The maximum absolute atomic E-state index is 6.08. The first kappa shape index (κ1) is 16.5. The third kappa shape index (κ3) is 3.67. The largest absolute Gasteiger partial charge is 0.474 e. The quantitative estimate of drug-likeness (QED) is 0.844. The molecule has 1 aliphatic heterocycles. The van der Waals surface area contributed by atoms with Gasteiger partial charge in [0.15, 0.2) is 0 Å². The molecule has 2 aromatic heterocycles. The Kier molecular flexibility index (Phi) is 4.67. The van der Waals surface area contributed by atoms with Crippen molar-refractivity contribution < 1.29 is 14.0 Å². The molecule has 7 heteroatoms. The average molecular weight is 344 g/mol. The van der Waals surface area contributed by atoms with E-state index >= 15 is 0 Å². The third-order valence-electron chi connectivity index (χ3n) is 4.75. The fourth-order valence-corrected chi connectivity index (χ4v) is 3.59. The first-order valence-electron chi connectivity index (χ1n) is 8.98. The van der Waals surface area contributed by atoms with Crippen molar-refractivity contribution >= 4 is 0 Å². The molecular weight excluding hydrogens is 320 g/mol. The molecule has 1 saturated carbocycles. The SMILES string of the molecule is C[C@@H]1CN(C)C[C@H](c2nc(-c3cccnc3OC3CCCC3)no2)O1. The van der Waals surface area contributed by atoms with Gasteiger partial charge in [0.05, 0.1) is 11.7 Å². The fourth-order valence-electron chi connectivity index (χ4n) is 3.59. The van der Waals surface area contributed by atoms with E-state index in [1.165, 1.54) is 12.8 Å². The van der Waals surface area contributed by atoms with Crippen LogP contribution in [-0.4, -0.2) is 52.4 Å². The second kappa shape index (κ2) is 7.09. The van der Waals surface area contributed by atoms with Crippen molar-refractivity contribution in [3.8, 4) is 17.3 Å². The van der Waals surface area contributed by atoms with Crippen molar-refractivity contribution in [1.82, 2.24) is 20.0 Å². The van der Waals surface area contributed by atoms with Crippen molar-refractivity contribution in [1.29, 1.82) is 0 Å². The van der Waals surface area contributed by atoms with Crippen LogP contribution >= 0.6 is 0 Å². The summed E-state index contributed by atoms with van der Waals surface area (Å²) in [5.74, 6) is 1.58. The highest BCUT2D eigenvalue weighted by atomic mass is 16.5. The van der Waals surface area contributed by atoms with E-state index in [1.807, 2.05) is 12.1 Å². The molecule has 0 radical (unpaired) electrons. The molecule has 2 fully saturated rings. The minimum atomic E-state index is -0.203. The summed E-state index contributed by atoms with van der Waals surface area (Å²) >= 11 is 0. The molecule has 2 aliphatic rings. The van der Waals surface area contributed by atoms with E-state index in [0.29, 0.717) is 17.6 Å². The van der Waals surface area contributed by atoms with Gasteiger partial charge in [0.2, 0.25) is 11.7 Å². The van der Waals surface area contributed by atoms with Crippen molar-refractivity contribution in [2.45, 2.75) is 50.9 Å². The zero-order chi connectivity index (χ0) is 17.2. The average Bonchev–Trinajstić information content (AvgIpc) is 3.26. The summed E-state index contributed by atoms with van der Waals surface area (Å²) in [4.78, 5) is 11.1. The standard InChI is InChI=1S/C18H24N4O3/c1-12-10-22(2)11-15(23-12)18-20-16(21-25-18)14-8-5-9-19-17(14)24-13-6-3-4-7-13/h5,8-9,12-13,15H,3-4,6-7,10-11H2,1-2H3/t12-,15-/m1/s1. The summed E-state index contributed by atoms with van der Waals surface area (Å²) < 4.78 is 17.5. The van der Waals surface area contributed by atoms with Crippen LogP contribution in [0.5, 0.6) is 5.88 Å². The van der Waals surface area contributed by atoms with Gasteiger partial charge in [0.1, 0.15) is 12.2 Å². The smallest absolute Gasteiger partial charge is 0.257 e. The van der Waals surface area contributed by atoms with E-state index in [2.05, 4.69) is 34.0 Å². The minimum Gasteiger partial charge on any atom is -0.474 e. The lowest BCUT2D eigenvalue weighted by molar-refractivity contribution is -0.0838. The summed E-state index contributed by atoms with van der Waals surface area (Å²) in [6.07, 6.45) is 6.48. The van der Waals surface area contributed by atoms with Gasteiger partial charge in [-0.05, 0) is 51.8 Å². The molecule has 0 aromatic carbocycles. The van der Waals surface area contributed by atoms with Gasteiger partial charge in [0, 0.05) is 19.3 Å². The molecule has 3 heterocycles. The van der Waals surface area contributed by atoms with Crippen molar-refractivity contribution in [2.24, 2.45) is 0 Å². The topological polar surface area (TPSA) is 73.5 Å². The van der Waals surface area contributed by atoms with Crippen molar-refractivity contribution in [3.63, 3.8) is 0 Å². The van der Waals surface area contributed by atoms with Crippen LogP contribution in [0.4, 0.5) is 0 Å². The van der Waals surface area contributed by atoms with Gasteiger partial charge >= 0.3 is 0 Å². The second-order valence-corrected chi connectivity index (χ2v) is 6.99. The molecule has 1 saturated heterocycles. The van der Waals surface area contributed by atoms with Gasteiger partial charge in [-0.25, -0.2) is 4.98 Å². The second-order valence-electron chi connectivity index (χ2n) is 6.99. The van der Waals surface area contributed by atoms with E-state index in [4.69, 9.17) is 14.0 Å². The number of nitrogens with zero attached hydrogens (tertiary/aromatic N) is 4. The Labute approximate surface area is 147 Å². The third-order valence-corrected chi connectivity index (χ3v) is 4.75. The minimum absolute atomic E-state index is 0.138. The molecule has 1 aliphatic carbocycles. The zero-order valence-electron chi connectivity index (χ0n) is 14.7. The van der Waals surface area contributed by atoms with Crippen LogP contribution in [0.2, 0.25) is 0 Å². The number of ether oxygens (including phenoxy) is 2. The maximum Gasteiger partial charge on any atom is 0.257 e. The van der Waals surface area contributed by atoms with Gasteiger partial charge in [-0.1, -0.05) is 5.16 Å². The van der Waals surface area contributed by atoms with Crippen LogP contribution in [0.15, 0.2) is 22.9 Å². The molecule has 0 bridgehead atoms. The molecule has 2 atom stereocenters. The Morgan fingerprint density at radius 2 is 2.08 bits per heavy atom. The first-order chi connectivity index (χ1) is 12.2. The van der Waals surface area contributed by atoms with Crippen molar-refractivity contribution in [3.05, 3.63) is 24.2 Å². The molecule has 4 rings (SSSR count). The highest BCUT2D eigenvalue weighted by Crippen LogP contribution is 2.31. The lowest BCUT2D eigenvalue weighted by Gasteiger charge is -2.32. The fraction of sp³-hybridized carbons (Fsp3) is 0.611. The number of aromatic nitrogens is 3. The number of morpholine rings is 1. The summed E-state index contributed by atoms with van der Waals surface area (Å²) in [6.45, 7) is 3.69. The predicted octanol–water partition coefficient (Wildman–Crippen LogP) is 2.84. The first-order valence-corrected chi connectivity index (χ1v) is 8.98.